The summed E-state index contributed by atoms with van der Waals surface area (Å²) in [6.45, 7) is 6.20. The lowest BCUT2D eigenvalue weighted by Crippen LogP contribution is -2.40. The van der Waals surface area contributed by atoms with E-state index in [-0.39, 0.29) is 11.3 Å². The molecule has 168 valence electrons. The monoisotopic (exact) mass is 451 g/mol. The lowest BCUT2D eigenvalue weighted by Gasteiger charge is -2.26. The van der Waals surface area contributed by atoms with E-state index in [9.17, 15) is 18.0 Å². The zero-order valence-electron chi connectivity index (χ0n) is 17.6. The Morgan fingerprint density at radius 1 is 1.19 bits per heavy atom. The third-order valence-corrected chi connectivity index (χ3v) is 6.82. The number of carbonyl (C=O) groups excluding carboxylic acids is 2. The first-order chi connectivity index (χ1) is 14.7. The summed E-state index contributed by atoms with van der Waals surface area (Å²) in [5.74, 6) is -0.585. The van der Waals surface area contributed by atoms with Crippen molar-refractivity contribution in [3.05, 3.63) is 41.3 Å². The van der Waals surface area contributed by atoms with Crippen LogP contribution in [0.4, 0.5) is 5.69 Å². The lowest BCUT2D eigenvalue weighted by atomic mass is 10.1. The van der Waals surface area contributed by atoms with Gasteiger partial charge in [-0.1, -0.05) is 5.16 Å². The highest BCUT2D eigenvalue weighted by Crippen LogP contribution is 2.20. The van der Waals surface area contributed by atoms with Crippen LogP contribution >= 0.6 is 0 Å². The Morgan fingerprint density at radius 3 is 2.42 bits per heavy atom. The second-order valence-corrected chi connectivity index (χ2v) is 9.08. The maximum atomic E-state index is 12.6. The van der Waals surface area contributed by atoms with Crippen molar-refractivity contribution in [2.24, 2.45) is 0 Å². The second kappa shape index (κ2) is 9.58. The van der Waals surface area contributed by atoms with Gasteiger partial charge >= 0.3 is 5.97 Å². The van der Waals surface area contributed by atoms with Crippen LogP contribution in [0.1, 0.15) is 23.9 Å². The van der Waals surface area contributed by atoms with Crippen LogP contribution in [-0.2, 0) is 35.5 Å². The van der Waals surface area contributed by atoms with Crippen LogP contribution < -0.4 is 5.32 Å². The number of aromatic nitrogens is 1. The van der Waals surface area contributed by atoms with Gasteiger partial charge in [0.05, 0.1) is 30.2 Å². The van der Waals surface area contributed by atoms with E-state index in [1.807, 2.05) is 0 Å². The van der Waals surface area contributed by atoms with E-state index in [1.165, 1.54) is 35.5 Å². The zero-order chi connectivity index (χ0) is 22.6. The summed E-state index contributed by atoms with van der Waals surface area (Å²) in [6.07, 6.45) is -1.09. The van der Waals surface area contributed by atoms with Crippen LogP contribution in [0, 0.1) is 13.8 Å². The highest BCUT2D eigenvalue weighted by molar-refractivity contribution is 7.89. The van der Waals surface area contributed by atoms with Crippen molar-refractivity contribution in [1.29, 1.82) is 0 Å². The number of hydrogen-bond acceptors (Lipinski definition) is 8. The van der Waals surface area contributed by atoms with Gasteiger partial charge in [-0.05, 0) is 45.0 Å². The number of esters is 1. The smallest absolute Gasteiger partial charge is 0.311 e. The number of benzene rings is 1. The molecule has 31 heavy (non-hydrogen) atoms. The maximum Gasteiger partial charge on any atom is 0.311 e. The van der Waals surface area contributed by atoms with Crippen molar-refractivity contribution < 1.29 is 32.0 Å². The molecule has 1 aliphatic rings. The number of anilines is 1. The summed E-state index contributed by atoms with van der Waals surface area (Å²) in [5, 5.41) is 6.39. The number of hydrogen-bond donors (Lipinski definition) is 1. The number of carbonyl (C=O) groups is 2. The van der Waals surface area contributed by atoms with Gasteiger partial charge in [0.2, 0.25) is 10.0 Å². The Labute approximate surface area is 180 Å². The molecule has 11 heteroatoms. The number of morpholine rings is 1. The number of amides is 1. The third kappa shape index (κ3) is 5.49. The first-order valence-corrected chi connectivity index (χ1v) is 11.2. The van der Waals surface area contributed by atoms with Gasteiger partial charge in [-0.15, -0.1) is 0 Å². The van der Waals surface area contributed by atoms with Gasteiger partial charge in [0, 0.05) is 24.3 Å². The van der Waals surface area contributed by atoms with E-state index in [4.69, 9.17) is 14.0 Å². The van der Waals surface area contributed by atoms with E-state index in [2.05, 4.69) is 10.5 Å². The Bertz CT molecular complexity index is 1020. The molecule has 0 aliphatic carbocycles. The molecule has 1 saturated heterocycles. The Hall–Kier alpha value is -2.76. The Balaban J connectivity index is 1.56. The normalized spacial score (nSPS) is 16.0. The molecule has 0 bridgehead atoms. The molecule has 0 saturated carbocycles. The highest BCUT2D eigenvalue weighted by Gasteiger charge is 2.26. The van der Waals surface area contributed by atoms with Crippen LogP contribution in [0.5, 0.6) is 0 Å². The van der Waals surface area contributed by atoms with E-state index in [0.29, 0.717) is 49.0 Å². The molecule has 0 unspecified atom stereocenters. The maximum absolute atomic E-state index is 12.6. The molecule has 2 heterocycles. The van der Waals surface area contributed by atoms with Gasteiger partial charge in [0.15, 0.2) is 6.10 Å². The van der Waals surface area contributed by atoms with Gasteiger partial charge in [-0.25, -0.2) is 8.42 Å². The Morgan fingerprint density at radius 2 is 1.84 bits per heavy atom. The SMILES string of the molecule is Cc1noc(C)c1CC(=O)O[C@@H](C)C(=O)Nc1ccc(S(=O)(=O)N2CCOCC2)cc1. The molecule has 1 N–H and O–H groups in total. The van der Waals surface area contributed by atoms with Gasteiger partial charge in [-0.2, -0.15) is 4.31 Å². The van der Waals surface area contributed by atoms with E-state index in [0.717, 1.165) is 0 Å². The summed E-state index contributed by atoms with van der Waals surface area (Å²) in [4.78, 5) is 24.6. The minimum absolute atomic E-state index is 0.0487. The van der Waals surface area contributed by atoms with Crippen LogP contribution in [0.25, 0.3) is 0 Å². The fraction of sp³-hybridized carbons (Fsp3) is 0.450. The molecule has 0 spiro atoms. The first-order valence-electron chi connectivity index (χ1n) is 9.78. The summed E-state index contributed by atoms with van der Waals surface area (Å²) < 4.78 is 42.0. The molecule has 10 nitrogen and oxygen atoms in total. The quantitative estimate of drug-likeness (QED) is 0.626. The average Bonchev–Trinajstić information content (AvgIpc) is 3.06. The third-order valence-electron chi connectivity index (χ3n) is 4.91. The van der Waals surface area contributed by atoms with E-state index in [1.54, 1.807) is 13.8 Å². The minimum Gasteiger partial charge on any atom is -0.452 e. The summed E-state index contributed by atoms with van der Waals surface area (Å²) in [7, 11) is -3.61. The number of nitrogens with one attached hydrogen (secondary N) is 1. The van der Waals surface area contributed by atoms with Crippen molar-refractivity contribution in [3.8, 4) is 0 Å². The van der Waals surface area contributed by atoms with Gasteiger partial charge in [0.1, 0.15) is 5.76 Å². The molecular formula is C20H25N3O7S. The predicted molar refractivity (Wildman–Crippen MR) is 110 cm³/mol. The molecule has 1 aromatic heterocycles. The number of aryl methyl sites for hydroxylation is 2. The van der Waals surface area contributed by atoms with E-state index >= 15 is 0 Å². The lowest BCUT2D eigenvalue weighted by molar-refractivity contribution is -0.152. The predicted octanol–water partition coefficient (Wildman–Crippen LogP) is 1.43. The Kier molecular flexibility index (Phi) is 7.08. The van der Waals surface area contributed by atoms with Crippen molar-refractivity contribution in [3.63, 3.8) is 0 Å². The van der Waals surface area contributed by atoms with E-state index < -0.39 is 28.0 Å². The topological polar surface area (TPSA) is 128 Å². The molecule has 1 fully saturated rings. The number of ether oxygens (including phenoxy) is 2. The standard InChI is InChI=1S/C20H25N3O7S/c1-13-18(14(2)30-22-13)12-19(24)29-15(3)20(25)21-16-4-6-17(7-5-16)31(26,27)23-8-10-28-11-9-23/h4-7,15H,8-12H2,1-3H3,(H,21,25)/t15-/m0/s1. The number of nitrogens with zero attached hydrogens (tertiary/aromatic N) is 2. The van der Waals surface area contributed by atoms with Gasteiger partial charge in [0.25, 0.3) is 5.91 Å². The minimum atomic E-state index is -3.61. The molecule has 1 amide bonds. The van der Waals surface area contributed by atoms with Crippen molar-refractivity contribution in [2.45, 2.75) is 38.2 Å². The fourth-order valence-corrected chi connectivity index (χ4v) is 4.49. The van der Waals surface area contributed by atoms with Crippen molar-refractivity contribution >= 4 is 27.6 Å². The average molecular weight is 452 g/mol. The number of sulfonamides is 1. The van der Waals surface area contributed by atoms with Crippen molar-refractivity contribution in [2.75, 3.05) is 31.6 Å². The summed E-state index contributed by atoms with van der Waals surface area (Å²) >= 11 is 0. The fourth-order valence-electron chi connectivity index (χ4n) is 3.08. The molecule has 0 radical (unpaired) electrons. The van der Waals surface area contributed by atoms with Crippen LogP contribution in [-0.4, -0.2) is 62.2 Å². The highest BCUT2D eigenvalue weighted by atomic mass is 32.2. The largest absolute Gasteiger partial charge is 0.452 e. The summed E-state index contributed by atoms with van der Waals surface area (Å²) in [5.41, 5.74) is 1.62. The molecular weight excluding hydrogens is 426 g/mol. The molecule has 1 aliphatic heterocycles. The van der Waals surface area contributed by atoms with Crippen LogP contribution in [0.2, 0.25) is 0 Å². The second-order valence-electron chi connectivity index (χ2n) is 7.14. The zero-order valence-corrected chi connectivity index (χ0v) is 18.4. The molecule has 2 aromatic rings. The van der Waals surface area contributed by atoms with Gasteiger partial charge < -0.3 is 19.3 Å². The van der Waals surface area contributed by atoms with Crippen LogP contribution in [0.3, 0.4) is 0 Å². The molecule has 1 aromatic carbocycles. The molecule has 3 rings (SSSR count). The van der Waals surface area contributed by atoms with Crippen molar-refractivity contribution in [1.82, 2.24) is 9.46 Å². The molecule has 1 atom stereocenters. The summed E-state index contributed by atoms with van der Waals surface area (Å²) in [6, 6.07) is 5.83. The van der Waals surface area contributed by atoms with Gasteiger partial charge in [-0.3, -0.25) is 9.59 Å². The van der Waals surface area contributed by atoms with Crippen LogP contribution in [0.15, 0.2) is 33.7 Å². The first kappa shape index (κ1) is 22.9. The number of rotatable bonds is 7.